The van der Waals surface area contributed by atoms with Crippen LogP contribution in [0.1, 0.15) is 0 Å². The Hall–Kier alpha value is -3.09. The third kappa shape index (κ3) is 3.59. The first kappa shape index (κ1) is 19.6. The molecule has 0 aliphatic rings. The zero-order chi connectivity index (χ0) is 21.5. The summed E-state index contributed by atoms with van der Waals surface area (Å²) < 4.78 is 3.60. The van der Waals surface area contributed by atoms with Gasteiger partial charge in [-0.2, -0.15) is 0 Å². The number of benzene rings is 4. The highest BCUT2D eigenvalue weighted by Crippen LogP contribution is 2.36. The summed E-state index contributed by atoms with van der Waals surface area (Å²) in [6.45, 7) is 0. The molecule has 0 aliphatic carbocycles. The first-order valence-electron chi connectivity index (χ1n) is 10.4. The first-order chi connectivity index (χ1) is 15.7. The molecule has 0 aliphatic heterocycles. The minimum atomic E-state index is 0.751. The number of hydrogen-bond acceptors (Lipinski definition) is 3. The molecule has 0 saturated heterocycles. The van der Waals surface area contributed by atoms with Crippen LogP contribution in [0.4, 0.5) is 0 Å². The molecule has 152 valence electrons. The Balaban J connectivity index is 1.38. The Kier molecular flexibility index (Phi) is 4.97. The molecule has 4 heteroatoms. The number of fused-ring (bicyclic) bond motifs is 3. The second-order valence-electron chi connectivity index (χ2n) is 7.65. The molecule has 0 saturated carbocycles. The Morgan fingerprint density at radius 2 is 1.22 bits per heavy atom. The predicted molar refractivity (Wildman–Crippen MR) is 144 cm³/mol. The molecule has 0 radical (unpaired) electrons. The second-order valence-corrected chi connectivity index (χ2v) is 9.84. The highest BCUT2D eigenvalue weighted by molar-refractivity contribution is 14.1. The van der Waals surface area contributed by atoms with Crippen LogP contribution in [0.2, 0.25) is 0 Å². The minimum absolute atomic E-state index is 0.751. The molecular weight excluding hydrogens is 523 g/mol. The van der Waals surface area contributed by atoms with Crippen molar-refractivity contribution in [2.75, 3.05) is 0 Å². The maximum Gasteiger partial charge on any atom is 0.160 e. The largest absolute Gasteiger partial charge is 0.228 e. The molecule has 0 N–H and O–H groups in total. The normalized spacial score (nSPS) is 11.3. The highest BCUT2D eigenvalue weighted by atomic mass is 127. The van der Waals surface area contributed by atoms with Crippen molar-refractivity contribution in [3.8, 4) is 33.8 Å². The van der Waals surface area contributed by atoms with Crippen LogP contribution in [0.15, 0.2) is 103 Å². The van der Waals surface area contributed by atoms with E-state index in [0.29, 0.717) is 0 Å². The lowest BCUT2D eigenvalue weighted by molar-refractivity contribution is 1.15. The van der Waals surface area contributed by atoms with E-state index in [0.717, 1.165) is 26.3 Å². The van der Waals surface area contributed by atoms with E-state index in [-0.39, 0.29) is 0 Å². The summed E-state index contributed by atoms with van der Waals surface area (Å²) in [6.07, 6.45) is 0. The fourth-order valence-corrected chi connectivity index (χ4v) is 5.63. The van der Waals surface area contributed by atoms with E-state index in [1.165, 1.54) is 31.3 Å². The molecule has 6 aromatic rings. The van der Waals surface area contributed by atoms with Gasteiger partial charge in [-0.1, -0.05) is 78.9 Å². The van der Waals surface area contributed by atoms with Crippen molar-refractivity contribution in [1.82, 2.24) is 9.97 Å². The number of thiophene rings is 1. The van der Waals surface area contributed by atoms with Crippen LogP contribution in [0.25, 0.3) is 53.9 Å². The minimum Gasteiger partial charge on any atom is -0.228 e. The summed E-state index contributed by atoms with van der Waals surface area (Å²) in [4.78, 5) is 9.51. The number of hydrogen-bond donors (Lipinski definition) is 0. The van der Waals surface area contributed by atoms with E-state index in [9.17, 15) is 0 Å². The van der Waals surface area contributed by atoms with Gasteiger partial charge in [-0.15, -0.1) is 11.3 Å². The lowest BCUT2D eigenvalue weighted by Gasteiger charge is -2.07. The lowest BCUT2D eigenvalue weighted by atomic mass is 10.0. The van der Waals surface area contributed by atoms with Gasteiger partial charge >= 0.3 is 0 Å². The average molecular weight is 540 g/mol. The molecule has 0 atom stereocenters. The van der Waals surface area contributed by atoms with E-state index in [2.05, 4.69) is 106 Å². The van der Waals surface area contributed by atoms with Crippen LogP contribution in [0.3, 0.4) is 0 Å². The smallest absolute Gasteiger partial charge is 0.160 e. The van der Waals surface area contributed by atoms with E-state index >= 15 is 0 Å². The molecule has 0 bridgehead atoms. The van der Waals surface area contributed by atoms with Crippen LogP contribution in [0.5, 0.6) is 0 Å². The van der Waals surface area contributed by atoms with Crippen molar-refractivity contribution < 1.29 is 0 Å². The molecule has 4 aromatic carbocycles. The molecule has 2 aromatic heterocycles. The molecule has 0 spiro atoms. The second kappa shape index (κ2) is 8.11. The molecule has 2 heterocycles. The van der Waals surface area contributed by atoms with Crippen molar-refractivity contribution in [2.45, 2.75) is 0 Å². The van der Waals surface area contributed by atoms with Gasteiger partial charge in [0.2, 0.25) is 0 Å². The van der Waals surface area contributed by atoms with Crippen molar-refractivity contribution in [1.29, 1.82) is 0 Å². The van der Waals surface area contributed by atoms with Crippen LogP contribution in [0, 0.1) is 3.70 Å². The quantitative estimate of drug-likeness (QED) is 0.166. The Labute approximate surface area is 203 Å². The molecule has 0 unspecified atom stereocenters. The van der Waals surface area contributed by atoms with Gasteiger partial charge in [0.05, 0.1) is 5.69 Å². The topological polar surface area (TPSA) is 25.8 Å². The summed E-state index contributed by atoms with van der Waals surface area (Å²) in [5, 5.41) is 2.65. The van der Waals surface area contributed by atoms with E-state index in [1.54, 1.807) is 0 Å². The van der Waals surface area contributed by atoms with Crippen LogP contribution in [-0.2, 0) is 0 Å². The zero-order valence-electron chi connectivity index (χ0n) is 17.0. The van der Waals surface area contributed by atoms with Gasteiger partial charge in [0.1, 0.15) is 3.70 Å². The Morgan fingerprint density at radius 1 is 0.531 bits per heavy atom. The molecular formula is C28H17IN2S. The van der Waals surface area contributed by atoms with Crippen molar-refractivity contribution >= 4 is 54.1 Å². The van der Waals surface area contributed by atoms with Crippen LogP contribution < -0.4 is 0 Å². The van der Waals surface area contributed by atoms with Gasteiger partial charge < -0.3 is 0 Å². The Bertz CT molecular complexity index is 1570. The number of aromatic nitrogens is 2. The molecule has 32 heavy (non-hydrogen) atoms. The summed E-state index contributed by atoms with van der Waals surface area (Å²) in [7, 11) is 0. The molecule has 2 nitrogen and oxygen atoms in total. The van der Waals surface area contributed by atoms with Crippen LogP contribution in [-0.4, -0.2) is 9.97 Å². The summed E-state index contributed by atoms with van der Waals surface area (Å²) in [6, 6.07) is 36.2. The fraction of sp³-hybridized carbons (Fsp3) is 0. The monoisotopic (exact) mass is 540 g/mol. The zero-order valence-corrected chi connectivity index (χ0v) is 20.0. The van der Waals surface area contributed by atoms with Crippen molar-refractivity contribution in [3.05, 3.63) is 107 Å². The van der Waals surface area contributed by atoms with Gasteiger partial charge in [0.25, 0.3) is 0 Å². The van der Waals surface area contributed by atoms with Crippen molar-refractivity contribution in [3.63, 3.8) is 0 Å². The number of nitrogens with zero attached hydrogens (tertiary/aromatic N) is 2. The fourth-order valence-electron chi connectivity index (χ4n) is 4.02. The molecule has 6 rings (SSSR count). The first-order valence-corrected chi connectivity index (χ1v) is 12.3. The van der Waals surface area contributed by atoms with E-state index in [4.69, 9.17) is 4.98 Å². The standard InChI is InChI=1S/C28H17IN2S/c29-27-17-24(19-6-2-1-3-7-19)30-28(31-27)20-12-10-18(11-13-20)21-14-15-26-23(16-21)22-8-4-5-9-25(22)32-26/h1-17H. The van der Waals surface area contributed by atoms with Gasteiger partial charge in [-0.05, 0) is 58.0 Å². The number of rotatable bonds is 3. The van der Waals surface area contributed by atoms with Gasteiger partial charge in [0, 0.05) is 31.3 Å². The lowest BCUT2D eigenvalue weighted by Crippen LogP contribution is -1.95. The average Bonchev–Trinajstić information content (AvgIpc) is 3.22. The Morgan fingerprint density at radius 3 is 2.06 bits per heavy atom. The maximum atomic E-state index is 4.83. The highest BCUT2D eigenvalue weighted by Gasteiger charge is 2.10. The SMILES string of the molecule is Ic1cc(-c2ccccc2)nc(-c2ccc(-c3ccc4sc5ccccc5c4c3)cc2)n1. The molecule has 0 amide bonds. The van der Waals surface area contributed by atoms with Gasteiger partial charge in [-0.25, -0.2) is 9.97 Å². The van der Waals surface area contributed by atoms with E-state index < -0.39 is 0 Å². The summed E-state index contributed by atoms with van der Waals surface area (Å²) in [5.74, 6) is 0.751. The predicted octanol–water partition coefficient (Wildman–Crippen LogP) is 8.45. The van der Waals surface area contributed by atoms with Gasteiger partial charge in [-0.3, -0.25) is 0 Å². The van der Waals surface area contributed by atoms with Gasteiger partial charge in [0.15, 0.2) is 5.82 Å². The third-order valence-electron chi connectivity index (χ3n) is 5.62. The summed E-state index contributed by atoms with van der Waals surface area (Å²) >= 11 is 4.11. The summed E-state index contributed by atoms with van der Waals surface area (Å²) in [5.41, 5.74) is 5.48. The number of halogens is 1. The molecule has 0 fully saturated rings. The van der Waals surface area contributed by atoms with Crippen LogP contribution >= 0.6 is 33.9 Å². The van der Waals surface area contributed by atoms with E-state index in [1.807, 2.05) is 35.6 Å². The third-order valence-corrected chi connectivity index (χ3v) is 7.32. The van der Waals surface area contributed by atoms with Crippen molar-refractivity contribution in [2.24, 2.45) is 0 Å². The maximum absolute atomic E-state index is 4.83.